The van der Waals surface area contributed by atoms with Crippen molar-refractivity contribution in [2.75, 3.05) is 4.90 Å². The molecule has 0 fully saturated rings. The van der Waals surface area contributed by atoms with Gasteiger partial charge in [-0.05, 0) is 113 Å². The van der Waals surface area contributed by atoms with Gasteiger partial charge >= 0.3 is 0 Å². The maximum Gasteiger partial charge on any atom is 0.0764 e. The molecule has 3 heterocycles. The van der Waals surface area contributed by atoms with Crippen LogP contribution in [0.2, 0.25) is 0 Å². The second-order valence-corrected chi connectivity index (χ2v) is 16.3. The average molecular weight is 773 g/mol. The van der Waals surface area contributed by atoms with E-state index in [0.29, 0.717) is 0 Å². The minimum absolute atomic E-state index is 0.499. The molecule has 2 aliphatic heterocycles. The Morgan fingerprint density at radius 3 is 1.95 bits per heavy atom. The van der Waals surface area contributed by atoms with Gasteiger partial charge in [-0.15, -0.1) is 0 Å². The standard InChI is InChI=1S/C56H40N2S/c1-2-17-42(57(43-19-5-3-6-20-43)44-21-7-4-8-22-44)23-15-18-39-32-34-40(35-33-39)41-36-37-54-50(38-41)56(48-27-11-14-31-53(48)59-54)47-26-10-13-30-52(47)58-51-29-12-9-24-45(51)46-25-16-28-49(56)55(46)58/h2-38H,1H3/b17-2-,18-15+,42-23+. The number of allylic oxidation sites excluding steroid dienone is 4. The zero-order chi connectivity index (χ0) is 39.3. The van der Waals surface area contributed by atoms with Gasteiger partial charge in [-0.25, -0.2) is 0 Å². The van der Waals surface area contributed by atoms with Crippen LogP contribution in [0.1, 0.15) is 34.7 Å². The molecular weight excluding hydrogens is 733 g/mol. The summed E-state index contributed by atoms with van der Waals surface area (Å²) in [6, 6.07) is 71.2. The Morgan fingerprint density at radius 1 is 0.542 bits per heavy atom. The topological polar surface area (TPSA) is 8.17 Å². The molecule has 59 heavy (non-hydrogen) atoms. The van der Waals surface area contributed by atoms with Gasteiger partial charge in [0.1, 0.15) is 0 Å². The van der Waals surface area contributed by atoms with Gasteiger partial charge in [-0.1, -0.05) is 170 Å². The highest BCUT2D eigenvalue weighted by atomic mass is 32.2. The van der Waals surface area contributed by atoms with Crippen molar-refractivity contribution < 1.29 is 0 Å². The zero-order valence-electron chi connectivity index (χ0n) is 32.7. The lowest BCUT2D eigenvalue weighted by atomic mass is 9.62. The number of rotatable bonds is 7. The number of anilines is 2. The minimum Gasteiger partial charge on any atom is -0.311 e. The van der Waals surface area contributed by atoms with Gasteiger partial charge in [-0.3, -0.25) is 0 Å². The van der Waals surface area contributed by atoms with Crippen molar-refractivity contribution in [1.82, 2.24) is 4.57 Å². The van der Waals surface area contributed by atoms with Crippen molar-refractivity contribution in [3.05, 3.63) is 252 Å². The Kier molecular flexibility index (Phi) is 8.57. The molecular formula is C56H40N2S. The van der Waals surface area contributed by atoms with Crippen molar-refractivity contribution in [3.8, 4) is 16.8 Å². The van der Waals surface area contributed by atoms with Gasteiger partial charge in [0.05, 0.1) is 22.1 Å². The summed E-state index contributed by atoms with van der Waals surface area (Å²) in [5.74, 6) is 0. The lowest BCUT2D eigenvalue weighted by Gasteiger charge is -2.45. The highest BCUT2D eigenvalue weighted by molar-refractivity contribution is 7.99. The molecule has 0 amide bonds. The third-order valence-electron chi connectivity index (χ3n) is 12.0. The molecule has 0 bridgehead atoms. The summed E-state index contributed by atoms with van der Waals surface area (Å²) in [6.07, 6.45) is 10.8. The number of hydrogen-bond acceptors (Lipinski definition) is 2. The molecule has 0 saturated carbocycles. The number of nitrogens with zero attached hydrogens (tertiary/aromatic N) is 2. The molecule has 1 unspecified atom stereocenters. The first kappa shape index (κ1) is 35.1. The Labute approximate surface area is 349 Å². The summed E-state index contributed by atoms with van der Waals surface area (Å²) in [4.78, 5) is 4.90. The molecule has 0 radical (unpaired) electrons. The first-order valence-corrected chi connectivity index (χ1v) is 21.1. The van der Waals surface area contributed by atoms with E-state index in [2.05, 4.69) is 241 Å². The van der Waals surface area contributed by atoms with E-state index in [9.17, 15) is 0 Å². The highest BCUT2D eigenvalue weighted by Crippen LogP contribution is 2.60. The summed E-state index contributed by atoms with van der Waals surface area (Å²) < 4.78 is 2.51. The van der Waals surface area contributed by atoms with E-state index in [0.717, 1.165) is 22.6 Å². The molecule has 0 N–H and O–H groups in total. The molecule has 2 aliphatic rings. The van der Waals surface area contributed by atoms with Crippen LogP contribution in [0, 0.1) is 0 Å². The number of para-hydroxylation sites is 5. The Hall–Kier alpha value is -7.07. The van der Waals surface area contributed by atoms with E-state index in [1.54, 1.807) is 0 Å². The maximum absolute atomic E-state index is 2.51. The van der Waals surface area contributed by atoms with E-state index >= 15 is 0 Å². The number of fused-ring (bicyclic) bond motifs is 11. The maximum atomic E-state index is 2.51. The van der Waals surface area contributed by atoms with E-state index in [-0.39, 0.29) is 0 Å². The molecule has 1 spiro atoms. The van der Waals surface area contributed by atoms with Crippen molar-refractivity contribution in [2.24, 2.45) is 0 Å². The van der Waals surface area contributed by atoms with E-state index in [4.69, 9.17) is 0 Å². The highest BCUT2D eigenvalue weighted by Gasteiger charge is 2.49. The third kappa shape index (κ3) is 5.57. The van der Waals surface area contributed by atoms with Gasteiger partial charge in [-0.2, -0.15) is 0 Å². The monoisotopic (exact) mass is 772 g/mol. The fourth-order valence-electron chi connectivity index (χ4n) is 9.52. The van der Waals surface area contributed by atoms with Gasteiger partial charge in [0, 0.05) is 37.6 Å². The second-order valence-electron chi connectivity index (χ2n) is 15.2. The van der Waals surface area contributed by atoms with Crippen LogP contribution < -0.4 is 4.90 Å². The molecule has 8 aromatic carbocycles. The van der Waals surface area contributed by atoms with Gasteiger partial charge < -0.3 is 9.47 Å². The average Bonchev–Trinajstić information content (AvgIpc) is 3.64. The molecule has 280 valence electrons. The van der Waals surface area contributed by atoms with E-state index < -0.39 is 5.41 Å². The molecule has 1 atom stereocenters. The van der Waals surface area contributed by atoms with Crippen molar-refractivity contribution in [3.63, 3.8) is 0 Å². The lowest BCUT2D eigenvalue weighted by Crippen LogP contribution is -2.37. The number of benzene rings is 8. The number of hydrogen-bond donors (Lipinski definition) is 0. The zero-order valence-corrected chi connectivity index (χ0v) is 33.5. The SMILES string of the molecule is C\C=C/C(=C\C=C\c1ccc(-c2ccc3c(c2)C2(c4ccccc4S3)c3ccccc3-n3c4ccccc4c4cccc2c43)cc1)N(c1ccccc1)c1ccccc1. The van der Waals surface area contributed by atoms with Crippen LogP contribution in [0.25, 0.3) is 44.7 Å². The van der Waals surface area contributed by atoms with Crippen molar-refractivity contribution in [2.45, 2.75) is 22.1 Å². The first-order chi connectivity index (χ1) is 29.2. The quantitative estimate of drug-likeness (QED) is 0.149. The Bertz CT molecular complexity index is 3100. The van der Waals surface area contributed by atoms with Crippen LogP contribution in [-0.4, -0.2) is 4.57 Å². The molecule has 0 aliphatic carbocycles. The van der Waals surface area contributed by atoms with Gasteiger partial charge in [0.25, 0.3) is 0 Å². The van der Waals surface area contributed by atoms with Gasteiger partial charge in [0.15, 0.2) is 0 Å². The van der Waals surface area contributed by atoms with Crippen LogP contribution >= 0.6 is 11.8 Å². The Morgan fingerprint density at radius 2 is 1.17 bits per heavy atom. The van der Waals surface area contributed by atoms with Crippen LogP contribution in [0.5, 0.6) is 0 Å². The molecule has 11 rings (SSSR count). The van der Waals surface area contributed by atoms with Crippen LogP contribution in [0.15, 0.2) is 234 Å². The number of aromatic nitrogens is 1. The minimum atomic E-state index is -0.499. The fraction of sp³-hybridized carbons (Fsp3) is 0.0357. The van der Waals surface area contributed by atoms with Crippen LogP contribution in [-0.2, 0) is 5.41 Å². The molecule has 2 nitrogen and oxygen atoms in total. The molecule has 9 aromatic rings. The molecule has 1 aromatic heterocycles. The Balaban J connectivity index is 1.01. The third-order valence-corrected chi connectivity index (χ3v) is 13.1. The second kappa shape index (κ2) is 14.4. The summed E-state index contributed by atoms with van der Waals surface area (Å²) >= 11 is 1.89. The smallest absolute Gasteiger partial charge is 0.0764 e. The first-order valence-electron chi connectivity index (χ1n) is 20.3. The summed E-state index contributed by atoms with van der Waals surface area (Å²) in [6.45, 7) is 2.07. The molecule has 0 saturated heterocycles. The normalized spacial score (nSPS) is 15.5. The molecule has 3 heteroatoms. The predicted octanol–water partition coefficient (Wildman–Crippen LogP) is 14.9. The predicted molar refractivity (Wildman–Crippen MR) is 249 cm³/mol. The summed E-state index contributed by atoms with van der Waals surface area (Å²) in [7, 11) is 0. The lowest BCUT2D eigenvalue weighted by molar-refractivity contribution is 0.690. The largest absolute Gasteiger partial charge is 0.311 e. The van der Waals surface area contributed by atoms with Gasteiger partial charge in [0.2, 0.25) is 0 Å². The van der Waals surface area contributed by atoms with Crippen LogP contribution in [0.4, 0.5) is 11.4 Å². The van der Waals surface area contributed by atoms with E-state index in [1.807, 2.05) is 11.8 Å². The van der Waals surface area contributed by atoms with E-state index in [1.165, 1.54) is 70.7 Å². The summed E-state index contributed by atoms with van der Waals surface area (Å²) in [5, 5.41) is 2.58. The van der Waals surface area contributed by atoms with Crippen molar-refractivity contribution >= 4 is 51.0 Å². The van der Waals surface area contributed by atoms with Crippen LogP contribution in [0.3, 0.4) is 0 Å². The van der Waals surface area contributed by atoms with Crippen molar-refractivity contribution in [1.29, 1.82) is 0 Å². The summed E-state index contributed by atoms with van der Waals surface area (Å²) in [5.41, 5.74) is 15.5. The fourth-order valence-corrected chi connectivity index (χ4v) is 10.7.